The van der Waals surface area contributed by atoms with Crippen molar-refractivity contribution in [3.05, 3.63) is 47.0 Å². The van der Waals surface area contributed by atoms with Crippen LogP contribution >= 0.6 is 0 Å². The van der Waals surface area contributed by atoms with Crippen molar-refractivity contribution in [2.75, 3.05) is 0 Å². The Labute approximate surface area is 90.5 Å². The largest absolute Gasteiger partial charge is 0.521 e. The molecular weight excluding hydrogens is 336 g/mol. The number of fused-ring (bicyclic) bond motifs is 1. The van der Waals surface area contributed by atoms with Crippen LogP contribution in [0.3, 0.4) is 0 Å². The first-order valence-corrected chi connectivity index (χ1v) is 3.71. The molecule has 0 aromatic heterocycles. The molecule has 0 saturated carbocycles. The van der Waals surface area contributed by atoms with Crippen LogP contribution in [-0.4, -0.2) is 11.1 Å². The standard InChI is InChI=1S/C10H7O2.W/c11-10(12)9-5-7-3-1-2-4-8(7)6-9;/h1-4H,5H2,(H,11,12);/q-1;. The van der Waals surface area contributed by atoms with Crippen LogP contribution in [0.25, 0.3) is 0 Å². The number of carbonyl (C=O) groups is 1. The first-order valence-electron chi connectivity index (χ1n) is 3.71. The van der Waals surface area contributed by atoms with Gasteiger partial charge >= 0.3 is 0 Å². The third kappa shape index (κ3) is 1.89. The zero-order valence-electron chi connectivity index (χ0n) is 6.78. The molecule has 0 aliphatic heterocycles. The summed E-state index contributed by atoms with van der Waals surface area (Å²) < 4.78 is 0. The molecule has 0 amide bonds. The van der Waals surface area contributed by atoms with E-state index < -0.39 is 5.97 Å². The second-order valence-electron chi connectivity index (χ2n) is 2.74. The number of benzene rings is 1. The molecule has 0 heterocycles. The van der Waals surface area contributed by atoms with Crippen molar-refractivity contribution in [3.63, 3.8) is 0 Å². The van der Waals surface area contributed by atoms with Gasteiger partial charge in [-0.1, -0.05) is 11.6 Å². The molecule has 1 aromatic carbocycles. The summed E-state index contributed by atoms with van der Waals surface area (Å²) in [5.74, 6) is -0.869. The Balaban J connectivity index is 0.000000845. The number of carboxylic acid groups (broad SMARTS) is 1. The average Bonchev–Trinajstić information content (AvgIpc) is 2.46. The van der Waals surface area contributed by atoms with E-state index in [-0.39, 0.29) is 21.1 Å². The van der Waals surface area contributed by atoms with E-state index in [9.17, 15) is 4.79 Å². The second kappa shape index (κ2) is 3.88. The number of aliphatic carboxylic acids is 1. The summed E-state index contributed by atoms with van der Waals surface area (Å²) in [4.78, 5) is 10.6. The van der Waals surface area contributed by atoms with Gasteiger partial charge in [-0.3, -0.25) is 0 Å². The molecule has 1 aromatic rings. The van der Waals surface area contributed by atoms with Crippen molar-refractivity contribution < 1.29 is 31.0 Å². The van der Waals surface area contributed by atoms with E-state index in [0.717, 1.165) is 11.1 Å². The van der Waals surface area contributed by atoms with Gasteiger partial charge in [0.25, 0.3) is 5.97 Å². The predicted molar refractivity (Wildman–Crippen MR) is 43.6 cm³/mol. The molecular formula is C10H7O2W-. The van der Waals surface area contributed by atoms with Gasteiger partial charge in [-0.2, -0.15) is 0 Å². The van der Waals surface area contributed by atoms with E-state index in [1.807, 2.05) is 24.3 Å². The Morgan fingerprint density at radius 3 is 2.69 bits per heavy atom. The molecule has 0 bridgehead atoms. The molecule has 0 spiro atoms. The van der Waals surface area contributed by atoms with E-state index in [1.165, 1.54) is 0 Å². The smallest absolute Gasteiger partial charge is 0.252 e. The Bertz CT molecular complexity index is 369. The molecule has 13 heavy (non-hydrogen) atoms. The maximum Gasteiger partial charge on any atom is 0.252 e. The fourth-order valence-electron chi connectivity index (χ4n) is 1.32. The quantitative estimate of drug-likeness (QED) is 0.783. The number of hydrogen-bond acceptors (Lipinski definition) is 1. The molecule has 0 radical (unpaired) electrons. The van der Waals surface area contributed by atoms with Gasteiger partial charge in [0, 0.05) is 21.1 Å². The Kier molecular flexibility index (Phi) is 3.05. The number of rotatable bonds is 1. The van der Waals surface area contributed by atoms with Gasteiger partial charge in [-0.25, -0.2) is 0 Å². The summed E-state index contributed by atoms with van der Waals surface area (Å²) in [6.45, 7) is 0. The monoisotopic (exact) mass is 343 g/mol. The minimum atomic E-state index is -0.869. The molecule has 0 saturated heterocycles. The molecule has 1 aliphatic rings. The van der Waals surface area contributed by atoms with Crippen LogP contribution in [0, 0.1) is 6.08 Å². The molecule has 66 valence electrons. The first-order chi connectivity index (χ1) is 5.77. The fourth-order valence-corrected chi connectivity index (χ4v) is 1.32. The zero-order chi connectivity index (χ0) is 8.55. The fraction of sp³-hybridized carbons (Fsp3) is 0.100. The maximum atomic E-state index is 10.6. The van der Waals surface area contributed by atoms with E-state index >= 15 is 0 Å². The van der Waals surface area contributed by atoms with E-state index in [0.29, 0.717) is 12.0 Å². The second-order valence-corrected chi connectivity index (χ2v) is 2.74. The molecule has 2 nitrogen and oxygen atoms in total. The van der Waals surface area contributed by atoms with Crippen LogP contribution in [0.15, 0.2) is 29.8 Å². The SMILES string of the molecule is O=C(O)C1=[C-]c2ccccc2C1.[W]. The number of hydrogen-bond donors (Lipinski definition) is 1. The molecule has 1 aliphatic carbocycles. The third-order valence-corrected chi connectivity index (χ3v) is 1.93. The Hall–Kier alpha value is -0.882. The Morgan fingerprint density at radius 1 is 1.38 bits per heavy atom. The summed E-state index contributed by atoms with van der Waals surface area (Å²) in [6.07, 6.45) is 3.36. The van der Waals surface area contributed by atoms with Crippen LogP contribution in [0.4, 0.5) is 0 Å². The van der Waals surface area contributed by atoms with Crippen LogP contribution < -0.4 is 0 Å². The topological polar surface area (TPSA) is 37.3 Å². The van der Waals surface area contributed by atoms with Crippen molar-refractivity contribution in [2.24, 2.45) is 0 Å². The summed E-state index contributed by atoms with van der Waals surface area (Å²) in [6, 6.07) is 7.60. The van der Waals surface area contributed by atoms with E-state index in [1.54, 1.807) is 0 Å². The average molecular weight is 343 g/mol. The maximum absolute atomic E-state index is 10.6. The van der Waals surface area contributed by atoms with Gasteiger partial charge in [-0.05, 0) is 6.42 Å². The van der Waals surface area contributed by atoms with Crippen molar-refractivity contribution >= 4 is 5.97 Å². The molecule has 3 heteroatoms. The van der Waals surface area contributed by atoms with Crippen molar-refractivity contribution in [1.29, 1.82) is 0 Å². The van der Waals surface area contributed by atoms with Gasteiger partial charge in [0.1, 0.15) is 0 Å². The molecule has 0 unspecified atom stereocenters. The summed E-state index contributed by atoms with van der Waals surface area (Å²) in [5, 5.41) is 8.69. The Morgan fingerprint density at radius 2 is 2.08 bits per heavy atom. The van der Waals surface area contributed by atoms with Gasteiger partial charge in [0.2, 0.25) is 0 Å². The normalized spacial score (nSPS) is 12.8. The van der Waals surface area contributed by atoms with Crippen LogP contribution in [0.1, 0.15) is 11.1 Å². The summed E-state index contributed by atoms with van der Waals surface area (Å²) in [5.41, 5.74) is 2.32. The van der Waals surface area contributed by atoms with E-state index in [4.69, 9.17) is 5.11 Å². The minimum Gasteiger partial charge on any atom is -0.521 e. The van der Waals surface area contributed by atoms with E-state index in [2.05, 4.69) is 6.08 Å². The third-order valence-electron chi connectivity index (χ3n) is 1.93. The van der Waals surface area contributed by atoms with Crippen LogP contribution in [0.2, 0.25) is 0 Å². The van der Waals surface area contributed by atoms with Gasteiger partial charge < -0.3 is 9.90 Å². The molecule has 2 rings (SSSR count). The van der Waals surface area contributed by atoms with Crippen molar-refractivity contribution in [1.82, 2.24) is 0 Å². The molecule has 0 fully saturated rings. The van der Waals surface area contributed by atoms with Gasteiger partial charge in [0.15, 0.2) is 0 Å². The molecule has 1 N–H and O–H groups in total. The van der Waals surface area contributed by atoms with Gasteiger partial charge in [-0.15, -0.1) is 35.4 Å². The predicted octanol–water partition coefficient (Wildman–Crippen LogP) is 1.40. The number of carboxylic acids is 1. The summed E-state index contributed by atoms with van der Waals surface area (Å²) in [7, 11) is 0. The van der Waals surface area contributed by atoms with Crippen LogP contribution in [-0.2, 0) is 32.3 Å². The van der Waals surface area contributed by atoms with Crippen LogP contribution in [0.5, 0.6) is 0 Å². The first kappa shape index (κ1) is 10.2. The summed E-state index contributed by atoms with van der Waals surface area (Å²) >= 11 is 0. The van der Waals surface area contributed by atoms with Gasteiger partial charge in [0.05, 0.1) is 0 Å². The van der Waals surface area contributed by atoms with Crippen molar-refractivity contribution in [3.8, 4) is 0 Å². The molecule has 0 atom stereocenters. The zero-order valence-corrected chi connectivity index (χ0v) is 9.71. The van der Waals surface area contributed by atoms with Crippen molar-refractivity contribution in [2.45, 2.75) is 6.42 Å². The minimum absolute atomic E-state index is 0.